The number of benzene rings is 1. The fourth-order valence-electron chi connectivity index (χ4n) is 1.43. The van der Waals surface area contributed by atoms with Gasteiger partial charge in [0.15, 0.2) is 0 Å². The van der Waals surface area contributed by atoms with Crippen LogP contribution in [0.3, 0.4) is 0 Å². The molecule has 0 atom stereocenters. The molecule has 0 saturated heterocycles. The minimum atomic E-state index is -0.413. The molecule has 0 saturated carbocycles. The Bertz CT molecular complexity index is 448. The largest absolute Gasteiger partial charge is 0.493 e. The van der Waals surface area contributed by atoms with Crippen molar-refractivity contribution in [2.45, 2.75) is 31.2 Å². The van der Waals surface area contributed by atoms with Crippen LogP contribution >= 0.6 is 15.9 Å². The van der Waals surface area contributed by atoms with Crippen LogP contribution in [0.25, 0.3) is 0 Å². The van der Waals surface area contributed by atoms with Crippen molar-refractivity contribution in [3.8, 4) is 5.75 Å². The van der Waals surface area contributed by atoms with Crippen LogP contribution in [0.4, 0.5) is 5.69 Å². The van der Waals surface area contributed by atoms with Crippen molar-refractivity contribution in [2.24, 2.45) is 0 Å². The summed E-state index contributed by atoms with van der Waals surface area (Å²) in [7, 11) is 1.66. The van der Waals surface area contributed by atoms with Gasteiger partial charge in [-0.05, 0) is 19.9 Å². The van der Waals surface area contributed by atoms with Gasteiger partial charge in [-0.3, -0.25) is 10.1 Å². The molecule has 0 amide bonds. The summed E-state index contributed by atoms with van der Waals surface area (Å²) in [6, 6.07) is 4.60. The van der Waals surface area contributed by atoms with Gasteiger partial charge in [-0.15, -0.1) is 0 Å². The summed E-state index contributed by atoms with van der Waals surface area (Å²) in [4.78, 5) is 10.3. The van der Waals surface area contributed by atoms with Gasteiger partial charge in [0, 0.05) is 36.6 Å². The molecule has 0 aliphatic rings. The zero-order valence-corrected chi connectivity index (χ0v) is 12.9. The highest BCUT2D eigenvalue weighted by Crippen LogP contribution is 2.26. The quantitative estimate of drug-likeness (QED) is 0.434. The van der Waals surface area contributed by atoms with Crippen LogP contribution in [0.1, 0.15) is 25.8 Å². The Labute approximate surface area is 121 Å². The smallest absolute Gasteiger partial charge is 0.270 e. The van der Waals surface area contributed by atoms with Crippen LogP contribution in [-0.4, -0.2) is 24.2 Å². The molecule has 19 heavy (non-hydrogen) atoms. The van der Waals surface area contributed by atoms with E-state index in [0.717, 1.165) is 12.0 Å². The van der Waals surface area contributed by atoms with E-state index in [2.05, 4.69) is 15.9 Å². The Hall–Kier alpha value is -1.14. The predicted molar refractivity (Wildman–Crippen MR) is 76.9 cm³/mol. The molecule has 1 rings (SSSR count). The summed E-state index contributed by atoms with van der Waals surface area (Å²) in [5.41, 5.74) is 0.596. The van der Waals surface area contributed by atoms with Crippen molar-refractivity contribution in [2.75, 3.05) is 13.7 Å². The topological polar surface area (TPSA) is 61.6 Å². The van der Waals surface area contributed by atoms with Crippen molar-refractivity contribution in [3.05, 3.63) is 33.9 Å². The molecule has 0 bridgehead atoms. The maximum Gasteiger partial charge on any atom is 0.270 e. The lowest BCUT2D eigenvalue weighted by Crippen LogP contribution is -2.25. The van der Waals surface area contributed by atoms with E-state index in [0.29, 0.717) is 17.7 Å². The Balaban J connectivity index is 2.71. The number of halogens is 1. The third-order valence-corrected chi connectivity index (χ3v) is 3.52. The standard InChI is InChI=1S/C13H18BrNO4/c1-13(2,18-3)6-7-19-12-5-4-11(15(16)17)8-10(12)9-14/h4-5,8H,6-7,9H2,1-3H3. The number of hydrogen-bond acceptors (Lipinski definition) is 4. The Morgan fingerprint density at radius 2 is 2.11 bits per heavy atom. The minimum Gasteiger partial charge on any atom is -0.493 e. The highest BCUT2D eigenvalue weighted by molar-refractivity contribution is 9.08. The summed E-state index contributed by atoms with van der Waals surface area (Å²) in [6.07, 6.45) is 0.738. The second-order valence-corrected chi connectivity index (χ2v) is 5.31. The molecule has 0 radical (unpaired) electrons. The molecule has 1 aromatic carbocycles. The van der Waals surface area contributed by atoms with Gasteiger partial charge >= 0.3 is 0 Å². The van der Waals surface area contributed by atoms with Gasteiger partial charge < -0.3 is 9.47 Å². The third-order valence-electron chi connectivity index (χ3n) is 2.91. The summed E-state index contributed by atoms with van der Waals surface area (Å²) >= 11 is 3.31. The number of ether oxygens (including phenoxy) is 2. The van der Waals surface area contributed by atoms with Crippen LogP contribution in [0.2, 0.25) is 0 Å². The molecular formula is C13H18BrNO4. The predicted octanol–water partition coefficient (Wildman–Crippen LogP) is 3.68. The molecule has 0 aliphatic heterocycles. The molecule has 0 aliphatic carbocycles. The highest BCUT2D eigenvalue weighted by atomic mass is 79.9. The van der Waals surface area contributed by atoms with Gasteiger partial charge in [0.1, 0.15) is 5.75 Å². The summed E-state index contributed by atoms with van der Waals surface area (Å²) in [5.74, 6) is 0.661. The molecule has 1 aromatic rings. The summed E-state index contributed by atoms with van der Waals surface area (Å²) in [5, 5.41) is 11.2. The van der Waals surface area contributed by atoms with Gasteiger partial charge in [-0.25, -0.2) is 0 Å². The number of non-ortho nitro benzene ring substituents is 1. The van der Waals surface area contributed by atoms with Crippen molar-refractivity contribution >= 4 is 21.6 Å². The molecule has 0 heterocycles. The average molecular weight is 332 g/mol. The lowest BCUT2D eigenvalue weighted by Gasteiger charge is -2.23. The fraction of sp³-hybridized carbons (Fsp3) is 0.538. The molecule has 0 unspecified atom stereocenters. The van der Waals surface area contributed by atoms with Gasteiger partial charge in [-0.2, -0.15) is 0 Å². The summed E-state index contributed by atoms with van der Waals surface area (Å²) < 4.78 is 11.0. The number of methoxy groups -OCH3 is 1. The van der Waals surface area contributed by atoms with Crippen molar-refractivity contribution in [1.82, 2.24) is 0 Å². The minimum absolute atomic E-state index is 0.0685. The molecule has 6 heteroatoms. The van der Waals surface area contributed by atoms with Gasteiger partial charge in [0.25, 0.3) is 5.69 Å². The second-order valence-electron chi connectivity index (χ2n) is 4.75. The third kappa shape index (κ3) is 4.80. The number of hydrogen-bond donors (Lipinski definition) is 0. The van der Waals surface area contributed by atoms with Gasteiger partial charge in [0.2, 0.25) is 0 Å². The summed E-state index contributed by atoms with van der Waals surface area (Å²) in [6.45, 7) is 4.47. The van der Waals surface area contributed by atoms with E-state index in [-0.39, 0.29) is 11.3 Å². The van der Waals surface area contributed by atoms with E-state index in [1.165, 1.54) is 12.1 Å². The lowest BCUT2D eigenvalue weighted by molar-refractivity contribution is -0.384. The van der Waals surface area contributed by atoms with Crippen LogP contribution in [-0.2, 0) is 10.1 Å². The normalized spacial score (nSPS) is 11.4. The number of nitro benzene ring substituents is 1. The monoisotopic (exact) mass is 331 g/mol. The van der Waals surface area contributed by atoms with Gasteiger partial charge in [-0.1, -0.05) is 15.9 Å². The lowest BCUT2D eigenvalue weighted by atomic mass is 10.1. The Morgan fingerprint density at radius 3 is 2.63 bits per heavy atom. The van der Waals surface area contributed by atoms with E-state index in [1.807, 2.05) is 13.8 Å². The molecule has 5 nitrogen and oxygen atoms in total. The van der Waals surface area contributed by atoms with Crippen LogP contribution in [0.5, 0.6) is 5.75 Å². The molecule has 0 spiro atoms. The van der Waals surface area contributed by atoms with Crippen molar-refractivity contribution in [1.29, 1.82) is 0 Å². The van der Waals surface area contributed by atoms with E-state index in [4.69, 9.17) is 9.47 Å². The maximum atomic E-state index is 10.7. The first kappa shape index (κ1) is 15.9. The molecule has 0 fully saturated rings. The number of alkyl halides is 1. The Morgan fingerprint density at radius 1 is 1.42 bits per heavy atom. The van der Waals surface area contributed by atoms with E-state index < -0.39 is 4.92 Å². The van der Waals surface area contributed by atoms with Crippen molar-refractivity contribution < 1.29 is 14.4 Å². The maximum absolute atomic E-state index is 10.7. The molecular weight excluding hydrogens is 314 g/mol. The first-order chi connectivity index (χ1) is 8.89. The van der Waals surface area contributed by atoms with Crippen LogP contribution in [0, 0.1) is 10.1 Å². The molecule has 0 N–H and O–H groups in total. The second kappa shape index (κ2) is 6.86. The number of nitrogens with zero attached hydrogens (tertiary/aromatic N) is 1. The average Bonchev–Trinajstić information content (AvgIpc) is 2.38. The first-order valence-corrected chi connectivity index (χ1v) is 7.03. The zero-order valence-electron chi connectivity index (χ0n) is 11.3. The SMILES string of the molecule is COC(C)(C)CCOc1ccc([N+](=O)[O-])cc1CBr. The van der Waals surface area contributed by atoms with Crippen LogP contribution < -0.4 is 4.74 Å². The van der Waals surface area contributed by atoms with Crippen LogP contribution in [0.15, 0.2) is 18.2 Å². The molecule has 0 aromatic heterocycles. The number of nitro groups is 1. The first-order valence-electron chi connectivity index (χ1n) is 5.91. The van der Waals surface area contributed by atoms with E-state index in [9.17, 15) is 10.1 Å². The van der Waals surface area contributed by atoms with Crippen molar-refractivity contribution in [3.63, 3.8) is 0 Å². The highest BCUT2D eigenvalue weighted by Gasteiger charge is 2.17. The fourth-order valence-corrected chi connectivity index (χ4v) is 1.87. The van der Waals surface area contributed by atoms with E-state index >= 15 is 0 Å². The molecule has 106 valence electrons. The van der Waals surface area contributed by atoms with Gasteiger partial charge in [0.05, 0.1) is 17.1 Å². The Kier molecular flexibility index (Phi) is 5.75. The van der Waals surface area contributed by atoms with E-state index in [1.54, 1.807) is 13.2 Å². The zero-order chi connectivity index (χ0) is 14.5. The number of rotatable bonds is 7.